The largest absolute Gasteiger partial charge is 0.281 e. The Labute approximate surface area is 123 Å². The van der Waals surface area contributed by atoms with Crippen LogP contribution in [0.1, 0.15) is 5.56 Å². The Morgan fingerprint density at radius 3 is 2.65 bits per heavy atom. The van der Waals surface area contributed by atoms with Gasteiger partial charge in [0.25, 0.3) is 0 Å². The lowest BCUT2D eigenvalue weighted by Crippen LogP contribution is -1.92. The van der Waals surface area contributed by atoms with Crippen LogP contribution in [0.4, 0.5) is 4.39 Å². The minimum Gasteiger partial charge on any atom is -0.281 e. The zero-order valence-electron chi connectivity index (χ0n) is 10.3. The van der Waals surface area contributed by atoms with E-state index < -0.39 is 0 Å². The van der Waals surface area contributed by atoms with Crippen LogP contribution in [0.25, 0.3) is 20.8 Å². The first-order valence-corrected chi connectivity index (χ1v) is 7.15. The fourth-order valence-electron chi connectivity index (χ4n) is 1.95. The van der Waals surface area contributed by atoms with Gasteiger partial charge >= 0.3 is 0 Å². The maximum atomic E-state index is 13.2. The van der Waals surface area contributed by atoms with E-state index in [2.05, 4.69) is 4.98 Å². The number of fused-ring (bicyclic) bond motifs is 1. The van der Waals surface area contributed by atoms with Gasteiger partial charge in [-0.25, -0.2) is 9.37 Å². The van der Waals surface area contributed by atoms with Gasteiger partial charge in [-0.15, -0.1) is 11.3 Å². The summed E-state index contributed by atoms with van der Waals surface area (Å²) in [5.74, 6) is -0.260. The highest BCUT2D eigenvalue weighted by Gasteiger charge is 2.07. The summed E-state index contributed by atoms with van der Waals surface area (Å²) < 4.78 is 14.0. The standard InChI is InChI=1S/C15H9ClFNOS/c16-14(19)7-9-1-3-10(4-2-9)15-18-12-6-5-11(17)8-13(12)20-15/h1-6,8H,7H2. The van der Waals surface area contributed by atoms with Gasteiger partial charge in [0.15, 0.2) is 0 Å². The van der Waals surface area contributed by atoms with Gasteiger partial charge in [0.2, 0.25) is 5.24 Å². The van der Waals surface area contributed by atoms with Crippen LogP contribution >= 0.6 is 22.9 Å². The number of aromatic nitrogens is 1. The molecule has 1 aromatic heterocycles. The molecule has 1 heterocycles. The predicted molar refractivity (Wildman–Crippen MR) is 79.6 cm³/mol. The van der Waals surface area contributed by atoms with Crippen LogP contribution in [0.15, 0.2) is 42.5 Å². The number of rotatable bonds is 3. The predicted octanol–water partition coefficient (Wildman–Crippen LogP) is 4.41. The Balaban J connectivity index is 1.96. The summed E-state index contributed by atoms with van der Waals surface area (Å²) in [5.41, 5.74) is 2.59. The average molecular weight is 306 g/mol. The fourth-order valence-corrected chi connectivity index (χ4v) is 3.10. The maximum Gasteiger partial charge on any atom is 0.226 e. The molecule has 0 aliphatic heterocycles. The zero-order valence-corrected chi connectivity index (χ0v) is 11.8. The third kappa shape index (κ3) is 2.71. The molecule has 2 aromatic carbocycles. The van der Waals surface area contributed by atoms with E-state index in [1.165, 1.54) is 23.5 Å². The highest BCUT2D eigenvalue weighted by Crippen LogP contribution is 2.30. The maximum absolute atomic E-state index is 13.2. The molecular formula is C15H9ClFNOS. The molecule has 0 radical (unpaired) electrons. The number of hydrogen-bond acceptors (Lipinski definition) is 3. The lowest BCUT2D eigenvalue weighted by molar-refractivity contribution is -0.111. The average Bonchev–Trinajstić information content (AvgIpc) is 2.81. The van der Waals surface area contributed by atoms with E-state index in [0.717, 1.165) is 26.4 Å². The molecule has 0 bridgehead atoms. The van der Waals surface area contributed by atoms with Crippen molar-refractivity contribution in [1.29, 1.82) is 0 Å². The SMILES string of the molecule is O=C(Cl)Cc1ccc(-c2nc3ccc(F)cc3s2)cc1. The van der Waals surface area contributed by atoms with Crippen molar-refractivity contribution in [3.8, 4) is 10.6 Å². The summed E-state index contributed by atoms with van der Waals surface area (Å²) in [7, 11) is 0. The number of benzene rings is 2. The third-order valence-corrected chi connectivity index (χ3v) is 4.10. The van der Waals surface area contributed by atoms with Crippen molar-refractivity contribution < 1.29 is 9.18 Å². The minimum atomic E-state index is -0.381. The Bertz CT molecular complexity index is 782. The Kier molecular flexibility index (Phi) is 3.51. The first-order valence-electron chi connectivity index (χ1n) is 5.95. The van der Waals surface area contributed by atoms with Gasteiger partial charge in [-0.3, -0.25) is 4.79 Å². The molecule has 0 atom stereocenters. The number of hydrogen-bond donors (Lipinski definition) is 0. The normalized spacial score (nSPS) is 10.9. The van der Waals surface area contributed by atoms with Gasteiger partial charge in [-0.05, 0) is 35.4 Å². The second-order valence-corrected chi connectivity index (χ2v) is 5.81. The van der Waals surface area contributed by atoms with Crippen LogP contribution in [0, 0.1) is 5.82 Å². The van der Waals surface area contributed by atoms with Crippen molar-refractivity contribution in [3.63, 3.8) is 0 Å². The quantitative estimate of drug-likeness (QED) is 0.671. The molecule has 3 rings (SSSR count). The van der Waals surface area contributed by atoms with Gasteiger partial charge in [-0.1, -0.05) is 24.3 Å². The Morgan fingerprint density at radius 2 is 1.95 bits per heavy atom. The number of carbonyl (C=O) groups excluding carboxylic acids is 1. The van der Waals surface area contributed by atoms with Crippen molar-refractivity contribution in [3.05, 3.63) is 53.8 Å². The van der Waals surface area contributed by atoms with E-state index in [4.69, 9.17) is 11.6 Å². The summed E-state index contributed by atoms with van der Waals surface area (Å²) in [6.07, 6.45) is 0.215. The van der Waals surface area contributed by atoms with Crippen molar-refractivity contribution in [2.75, 3.05) is 0 Å². The molecule has 0 saturated heterocycles. The number of halogens is 2. The topological polar surface area (TPSA) is 30.0 Å². The lowest BCUT2D eigenvalue weighted by atomic mass is 10.1. The summed E-state index contributed by atoms with van der Waals surface area (Å²) in [4.78, 5) is 15.3. The second kappa shape index (κ2) is 5.31. The molecule has 0 fully saturated rings. The number of thiazole rings is 1. The highest BCUT2D eigenvalue weighted by atomic mass is 35.5. The first-order chi connectivity index (χ1) is 9.61. The summed E-state index contributed by atoms with van der Waals surface area (Å²) in [6.45, 7) is 0. The van der Waals surface area contributed by atoms with E-state index in [9.17, 15) is 9.18 Å². The number of nitrogens with zero attached hydrogens (tertiary/aromatic N) is 1. The molecule has 0 N–H and O–H groups in total. The van der Waals surface area contributed by atoms with Crippen LogP contribution in [-0.4, -0.2) is 10.2 Å². The van der Waals surface area contributed by atoms with E-state index in [0.29, 0.717) is 0 Å². The van der Waals surface area contributed by atoms with E-state index in [-0.39, 0.29) is 17.5 Å². The van der Waals surface area contributed by atoms with Crippen LogP contribution in [0.5, 0.6) is 0 Å². The molecule has 0 saturated carbocycles. The summed E-state index contributed by atoms with van der Waals surface area (Å²) >= 11 is 6.79. The highest BCUT2D eigenvalue weighted by molar-refractivity contribution is 7.21. The van der Waals surface area contributed by atoms with Gasteiger partial charge in [-0.2, -0.15) is 0 Å². The van der Waals surface area contributed by atoms with Crippen molar-refractivity contribution >= 4 is 38.4 Å². The van der Waals surface area contributed by atoms with Crippen molar-refractivity contribution in [2.45, 2.75) is 6.42 Å². The zero-order chi connectivity index (χ0) is 14.1. The fraction of sp³-hybridized carbons (Fsp3) is 0.0667. The lowest BCUT2D eigenvalue weighted by Gasteiger charge is -1.99. The summed E-state index contributed by atoms with van der Waals surface area (Å²) in [5, 5.41) is 0.447. The van der Waals surface area contributed by atoms with Gasteiger partial charge < -0.3 is 0 Å². The van der Waals surface area contributed by atoms with Crippen LogP contribution in [0.2, 0.25) is 0 Å². The Hall–Kier alpha value is -1.78. The van der Waals surface area contributed by atoms with Crippen LogP contribution in [-0.2, 0) is 11.2 Å². The molecular weight excluding hydrogens is 297 g/mol. The van der Waals surface area contributed by atoms with Gasteiger partial charge in [0.05, 0.1) is 10.2 Å². The van der Waals surface area contributed by atoms with Gasteiger partial charge in [0, 0.05) is 12.0 Å². The van der Waals surface area contributed by atoms with E-state index >= 15 is 0 Å². The Morgan fingerprint density at radius 1 is 1.20 bits per heavy atom. The molecule has 0 aliphatic carbocycles. The van der Waals surface area contributed by atoms with Gasteiger partial charge in [0.1, 0.15) is 10.8 Å². The molecule has 100 valence electrons. The summed E-state index contributed by atoms with van der Waals surface area (Å²) in [6, 6.07) is 12.0. The third-order valence-electron chi connectivity index (χ3n) is 2.89. The van der Waals surface area contributed by atoms with E-state index in [1.807, 2.05) is 24.3 Å². The minimum absolute atomic E-state index is 0.215. The van der Waals surface area contributed by atoms with E-state index in [1.54, 1.807) is 6.07 Å². The van der Waals surface area contributed by atoms with Crippen molar-refractivity contribution in [2.24, 2.45) is 0 Å². The monoisotopic (exact) mass is 305 g/mol. The van der Waals surface area contributed by atoms with Crippen LogP contribution < -0.4 is 0 Å². The molecule has 0 spiro atoms. The molecule has 0 unspecified atom stereocenters. The molecule has 5 heteroatoms. The van der Waals surface area contributed by atoms with Crippen LogP contribution in [0.3, 0.4) is 0 Å². The molecule has 0 aliphatic rings. The first kappa shape index (κ1) is 13.2. The molecule has 2 nitrogen and oxygen atoms in total. The smallest absolute Gasteiger partial charge is 0.226 e. The number of carbonyl (C=O) groups is 1. The molecule has 0 amide bonds. The second-order valence-electron chi connectivity index (χ2n) is 4.36. The molecule has 3 aromatic rings. The van der Waals surface area contributed by atoms with Crippen molar-refractivity contribution in [1.82, 2.24) is 4.98 Å². The molecule has 20 heavy (non-hydrogen) atoms.